The van der Waals surface area contributed by atoms with E-state index in [0.717, 1.165) is 21.7 Å². The average molecular weight is 323 g/mol. The number of furan rings is 1. The number of thiazole rings is 1. The van der Waals surface area contributed by atoms with Gasteiger partial charge in [0.05, 0.1) is 12.7 Å². The summed E-state index contributed by atoms with van der Waals surface area (Å²) in [6.45, 7) is 2.55. The minimum atomic E-state index is 0.454. The van der Waals surface area contributed by atoms with Crippen molar-refractivity contribution in [2.75, 3.05) is 5.32 Å². The molecule has 7 heteroatoms. The number of nitrogens with one attached hydrogen (secondary N) is 1. The molecule has 0 radical (unpaired) electrons. The molecule has 23 heavy (non-hydrogen) atoms. The van der Waals surface area contributed by atoms with Gasteiger partial charge in [-0.05, 0) is 19.1 Å². The van der Waals surface area contributed by atoms with Crippen molar-refractivity contribution in [1.82, 2.24) is 20.2 Å². The highest BCUT2D eigenvalue weighted by atomic mass is 32.1. The van der Waals surface area contributed by atoms with Crippen LogP contribution in [0, 0.1) is 6.92 Å². The Hall–Kier alpha value is -2.80. The number of aryl methyl sites for hydroxylation is 1. The predicted molar refractivity (Wildman–Crippen MR) is 89.2 cm³/mol. The van der Waals surface area contributed by atoms with Crippen LogP contribution in [-0.4, -0.2) is 20.2 Å². The zero-order chi connectivity index (χ0) is 15.6. The van der Waals surface area contributed by atoms with E-state index in [2.05, 4.69) is 25.5 Å². The van der Waals surface area contributed by atoms with Gasteiger partial charge in [-0.1, -0.05) is 18.2 Å². The Bertz CT molecular complexity index is 929. The van der Waals surface area contributed by atoms with Crippen LogP contribution in [0.15, 0.2) is 46.3 Å². The van der Waals surface area contributed by atoms with Gasteiger partial charge in [0, 0.05) is 16.5 Å². The Kier molecular flexibility index (Phi) is 3.47. The molecule has 0 unspecified atom stereocenters. The first-order valence-electron chi connectivity index (χ1n) is 7.11. The van der Waals surface area contributed by atoms with E-state index in [-0.39, 0.29) is 0 Å². The van der Waals surface area contributed by atoms with Gasteiger partial charge in [-0.2, -0.15) is 5.10 Å². The zero-order valence-electron chi connectivity index (χ0n) is 12.4. The molecule has 3 aromatic heterocycles. The number of rotatable bonds is 4. The van der Waals surface area contributed by atoms with Gasteiger partial charge in [-0.25, -0.2) is 9.97 Å². The average Bonchev–Trinajstić information content (AvgIpc) is 3.19. The van der Waals surface area contributed by atoms with Crippen molar-refractivity contribution < 1.29 is 4.42 Å². The van der Waals surface area contributed by atoms with Crippen molar-refractivity contribution in [1.29, 1.82) is 0 Å². The second-order valence-corrected chi connectivity index (χ2v) is 5.99. The standard InChI is InChI=1S/C16H13N5OS/c1-10-9-23-15(19-10)8-17-16-20-12(7-18-21-16)14-6-11-4-2-3-5-13(11)22-14/h2-7,9H,8H2,1H3,(H,17,20,21). The molecule has 0 saturated carbocycles. The summed E-state index contributed by atoms with van der Waals surface area (Å²) < 4.78 is 5.81. The fraction of sp³-hybridized carbons (Fsp3) is 0.125. The largest absolute Gasteiger partial charge is 0.454 e. The van der Waals surface area contributed by atoms with E-state index in [4.69, 9.17) is 4.42 Å². The van der Waals surface area contributed by atoms with Crippen LogP contribution < -0.4 is 5.32 Å². The molecule has 0 fully saturated rings. The molecular formula is C16H13N5OS. The van der Waals surface area contributed by atoms with Crippen LogP contribution in [0.4, 0.5) is 5.95 Å². The summed E-state index contributed by atoms with van der Waals surface area (Å²) in [5.41, 5.74) is 2.49. The number of anilines is 1. The number of hydrogen-bond acceptors (Lipinski definition) is 7. The van der Waals surface area contributed by atoms with E-state index in [1.54, 1.807) is 17.5 Å². The van der Waals surface area contributed by atoms with Crippen LogP contribution in [0.1, 0.15) is 10.7 Å². The third kappa shape index (κ3) is 2.91. The number of aromatic nitrogens is 4. The SMILES string of the molecule is Cc1csc(CNc2nncc(-c3cc4ccccc4o3)n2)n1. The van der Waals surface area contributed by atoms with Crippen molar-refractivity contribution >= 4 is 28.3 Å². The maximum Gasteiger partial charge on any atom is 0.243 e. The molecule has 4 rings (SSSR count). The fourth-order valence-corrected chi connectivity index (χ4v) is 2.96. The molecular weight excluding hydrogens is 310 g/mol. The van der Waals surface area contributed by atoms with E-state index in [9.17, 15) is 0 Å². The monoisotopic (exact) mass is 323 g/mol. The van der Waals surface area contributed by atoms with E-state index in [0.29, 0.717) is 23.9 Å². The highest BCUT2D eigenvalue weighted by Gasteiger charge is 2.09. The van der Waals surface area contributed by atoms with Crippen LogP contribution >= 0.6 is 11.3 Å². The summed E-state index contributed by atoms with van der Waals surface area (Å²) in [5, 5.41) is 15.2. The summed E-state index contributed by atoms with van der Waals surface area (Å²) in [6.07, 6.45) is 1.59. The molecule has 0 bridgehead atoms. The van der Waals surface area contributed by atoms with Crippen LogP contribution in [0.5, 0.6) is 0 Å². The highest BCUT2D eigenvalue weighted by molar-refractivity contribution is 7.09. The van der Waals surface area contributed by atoms with E-state index < -0.39 is 0 Å². The first-order chi connectivity index (χ1) is 11.3. The topological polar surface area (TPSA) is 76.7 Å². The smallest absolute Gasteiger partial charge is 0.243 e. The fourth-order valence-electron chi connectivity index (χ4n) is 2.24. The van der Waals surface area contributed by atoms with Gasteiger partial charge in [0.15, 0.2) is 5.76 Å². The lowest BCUT2D eigenvalue weighted by molar-refractivity contribution is 0.627. The minimum Gasteiger partial charge on any atom is -0.454 e. The maximum absolute atomic E-state index is 5.81. The van der Waals surface area contributed by atoms with Crippen molar-refractivity contribution in [2.45, 2.75) is 13.5 Å². The maximum atomic E-state index is 5.81. The lowest BCUT2D eigenvalue weighted by Crippen LogP contribution is -2.05. The van der Waals surface area contributed by atoms with Crippen molar-refractivity contribution in [3.63, 3.8) is 0 Å². The number of benzene rings is 1. The molecule has 1 N–H and O–H groups in total. The first-order valence-corrected chi connectivity index (χ1v) is 7.99. The molecule has 1 aromatic carbocycles. The molecule has 0 aliphatic rings. The molecule has 0 aliphatic heterocycles. The summed E-state index contributed by atoms with van der Waals surface area (Å²) in [5.74, 6) is 1.13. The molecule has 3 heterocycles. The number of para-hydroxylation sites is 1. The second-order valence-electron chi connectivity index (χ2n) is 5.05. The van der Waals surface area contributed by atoms with Gasteiger partial charge < -0.3 is 9.73 Å². The minimum absolute atomic E-state index is 0.454. The van der Waals surface area contributed by atoms with E-state index in [1.807, 2.05) is 42.6 Å². The second kappa shape index (κ2) is 5.77. The third-order valence-electron chi connectivity index (χ3n) is 3.30. The van der Waals surface area contributed by atoms with E-state index in [1.165, 1.54) is 0 Å². The Morgan fingerprint density at radius 3 is 2.96 bits per heavy atom. The number of fused-ring (bicyclic) bond motifs is 1. The molecule has 0 amide bonds. The molecule has 0 atom stereocenters. The Morgan fingerprint density at radius 1 is 1.22 bits per heavy atom. The molecule has 4 aromatic rings. The van der Waals surface area contributed by atoms with Crippen molar-refractivity contribution in [2.24, 2.45) is 0 Å². The van der Waals surface area contributed by atoms with Gasteiger partial charge in [-0.3, -0.25) is 0 Å². The van der Waals surface area contributed by atoms with Crippen LogP contribution in [0.3, 0.4) is 0 Å². The summed E-state index contributed by atoms with van der Waals surface area (Å²) >= 11 is 1.60. The van der Waals surface area contributed by atoms with Gasteiger partial charge >= 0.3 is 0 Å². The van der Waals surface area contributed by atoms with Crippen molar-refractivity contribution in [3.8, 4) is 11.5 Å². The summed E-state index contributed by atoms with van der Waals surface area (Å²) in [6, 6.07) is 9.80. The Labute approximate surface area is 136 Å². The summed E-state index contributed by atoms with van der Waals surface area (Å²) in [4.78, 5) is 8.86. The molecule has 0 aliphatic carbocycles. The zero-order valence-corrected chi connectivity index (χ0v) is 13.2. The first kappa shape index (κ1) is 13.8. The van der Waals surface area contributed by atoms with Gasteiger partial charge in [0.1, 0.15) is 16.3 Å². The van der Waals surface area contributed by atoms with Crippen molar-refractivity contribution in [3.05, 3.63) is 52.6 Å². The van der Waals surface area contributed by atoms with Crippen LogP contribution in [0.2, 0.25) is 0 Å². The lowest BCUT2D eigenvalue weighted by Gasteiger charge is -2.02. The number of hydrogen-bond donors (Lipinski definition) is 1. The van der Waals surface area contributed by atoms with Crippen LogP contribution in [0.25, 0.3) is 22.4 Å². The molecule has 0 saturated heterocycles. The number of nitrogens with zero attached hydrogens (tertiary/aromatic N) is 4. The Morgan fingerprint density at radius 2 is 2.13 bits per heavy atom. The van der Waals surface area contributed by atoms with Crippen LogP contribution in [-0.2, 0) is 6.54 Å². The third-order valence-corrected chi connectivity index (χ3v) is 4.27. The molecule has 114 valence electrons. The highest BCUT2D eigenvalue weighted by Crippen LogP contribution is 2.26. The lowest BCUT2D eigenvalue weighted by atomic mass is 10.2. The normalized spacial score (nSPS) is 11.0. The molecule has 6 nitrogen and oxygen atoms in total. The predicted octanol–water partition coefficient (Wildman–Crippen LogP) is 3.66. The van der Waals surface area contributed by atoms with Gasteiger partial charge in [0.25, 0.3) is 0 Å². The summed E-state index contributed by atoms with van der Waals surface area (Å²) in [7, 11) is 0. The quantitative estimate of drug-likeness (QED) is 0.617. The van der Waals surface area contributed by atoms with Gasteiger partial charge in [0.2, 0.25) is 5.95 Å². The Balaban J connectivity index is 1.58. The molecule has 0 spiro atoms. The van der Waals surface area contributed by atoms with E-state index >= 15 is 0 Å². The van der Waals surface area contributed by atoms with Gasteiger partial charge in [-0.15, -0.1) is 16.4 Å².